The smallest absolute Gasteiger partial charge is 0.287 e. The van der Waals surface area contributed by atoms with Crippen molar-refractivity contribution in [3.63, 3.8) is 0 Å². The van der Waals surface area contributed by atoms with Crippen LogP contribution in [-0.2, 0) is 11.3 Å². The molecule has 3 aromatic rings. The number of rotatable bonds is 7. The summed E-state index contributed by atoms with van der Waals surface area (Å²) < 4.78 is 12.2. The predicted octanol–water partition coefficient (Wildman–Crippen LogP) is 3.65. The summed E-state index contributed by atoms with van der Waals surface area (Å²) in [6.07, 6.45) is 1.55. The average molecular weight is 374 g/mol. The van der Waals surface area contributed by atoms with Crippen LogP contribution in [0, 0.1) is 6.92 Å². The highest BCUT2D eigenvalue weighted by Crippen LogP contribution is 2.24. The minimum Gasteiger partial charge on any atom is -0.464 e. The molecule has 2 aromatic heterocycles. The Balaban J connectivity index is 1.84. The second-order valence-electron chi connectivity index (χ2n) is 5.92. The second kappa shape index (κ2) is 8.21. The van der Waals surface area contributed by atoms with Gasteiger partial charge in [0, 0.05) is 7.11 Å². The number of nitrogens with zero attached hydrogens (tertiary/aromatic N) is 2. The fourth-order valence-corrected chi connectivity index (χ4v) is 2.83. The van der Waals surface area contributed by atoms with Crippen LogP contribution >= 0.6 is 11.6 Å². The largest absolute Gasteiger partial charge is 0.464 e. The summed E-state index contributed by atoms with van der Waals surface area (Å²) in [5.74, 6) is 1.50. The number of ether oxygens (including phenoxy) is 1. The van der Waals surface area contributed by atoms with E-state index in [0.29, 0.717) is 24.6 Å². The highest BCUT2D eigenvalue weighted by Gasteiger charge is 2.18. The number of benzene rings is 1. The molecule has 6 nitrogen and oxygen atoms in total. The van der Waals surface area contributed by atoms with E-state index in [1.807, 2.05) is 49.4 Å². The molecule has 26 heavy (non-hydrogen) atoms. The summed E-state index contributed by atoms with van der Waals surface area (Å²) in [4.78, 5) is 12.5. The van der Waals surface area contributed by atoms with Crippen molar-refractivity contribution in [3.8, 4) is 0 Å². The molecule has 0 aliphatic heterocycles. The Labute approximate surface area is 156 Å². The standard InChI is InChI=1S/C19H20ClN3O3/c1-13-8-9-17(26-13)16(12-25-2)22-15-10-21-23(19(24)18(15)20)11-14-6-4-3-5-7-14/h3-10,16,22H,11-12H2,1-2H3. The first-order valence-electron chi connectivity index (χ1n) is 8.20. The average Bonchev–Trinajstić information content (AvgIpc) is 3.08. The number of halogens is 1. The number of hydrogen-bond acceptors (Lipinski definition) is 5. The first-order chi connectivity index (χ1) is 12.6. The third-order valence-corrected chi connectivity index (χ3v) is 4.29. The lowest BCUT2D eigenvalue weighted by atomic mass is 10.2. The number of anilines is 1. The Morgan fingerprint density at radius 2 is 2.04 bits per heavy atom. The van der Waals surface area contributed by atoms with Crippen LogP contribution in [0.15, 0.2) is 57.9 Å². The van der Waals surface area contributed by atoms with Crippen LogP contribution in [-0.4, -0.2) is 23.5 Å². The van der Waals surface area contributed by atoms with Gasteiger partial charge < -0.3 is 14.5 Å². The lowest BCUT2D eigenvalue weighted by Gasteiger charge is -2.18. The highest BCUT2D eigenvalue weighted by atomic mass is 35.5. The molecule has 2 heterocycles. The topological polar surface area (TPSA) is 69.3 Å². The fraction of sp³-hybridized carbons (Fsp3) is 0.263. The normalized spacial score (nSPS) is 12.1. The van der Waals surface area contributed by atoms with Crippen molar-refractivity contribution in [1.82, 2.24) is 9.78 Å². The van der Waals surface area contributed by atoms with Crippen LogP contribution in [0.5, 0.6) is 0 Å². The Bertz CT molecular complexity index is 921. The van der Waals surface area contributed by atoms with Gasteiger partial charge in [0.2, 0.25) is 0 Å². The minimum atomic E-state index is -0.354. The van der Waals surface area contributed by atoms with Gasteiger partial charge in [-0.15, -0.1) is 0 Å². The van der Waals surface area contributed by atoms with Crippen LogP contribution in [0.2, 0.25) is 5.02 Å². The molecular formula is C19H20ClN3O3. The van der Waals surface area contributed by atoms with Crippen molar-refractivity contribution < 1.29 is 9.15 Å². The van der Waals surface area contributed by atoms with Gasteiger partial charge in [0.25, 0.3) is 5.56 Å². The van der Waals surface area contributed by atoms with Crippen LogP contribution in [0.4, 0.5) is 5.69 Å². The lowest BCUT2D eigenvalue weighted by Crippen LogP contribution is -2.26. The number of methoxy groups -OCH3 is 1. The molecule has 0 saturated heterocycles. The van der Waals surface area contributed by atoms with E-state index >= 15 is 0 Å². The minimum absolute atomic E-state index is 0.0836. The maximum absolute atomic E-state index is 12.5. The Morgan fingerprint density at radius 1 is 1.27 bits per heavy atom. The van der Waals surface area contributed by atoms with E-state index in [-0.39, 0.29) is 16.6 Å². The molecule has 7 heteroatoms. The number of aryl methyl sites for hydroxylation is 1. The lowest BCUT2D eigenvalue weighted by molar-refractivity contribution is 0.178. The molecule has 0 saturated carbocycles. The molecule has 0 fully saturated rings. The van der Waals surface area contributed by atoms with Crippen molar-refractivity contribution >= 4 is 17.3 Å². The quantitative estimate of drug-likeness (QED) is 0.684. The van der Waals surface area contributed by atoms with Crippen molar-refractivity contribution in [1.29, 1.82) is 0 Å². The van der Waals surface area contributed by atoms with E-state index in [4.69, 9.17) is 20.8 Å². The summed E-state index contributed by atoms with van der Waals surface area (Å²) in [5.41, 5.74) is 1.06. The first-order valence-corrected chi connectivity index (χ1v) is 8.57. The van der Waals surface area contributed by atoms with E-state index in [2.05, 4.69) is 10.4 Å². The second-order valence-corrected chi connectivity index (χ2v) is 6.30. The monoisotopic (exact) mass is 373 g/mol. The molecule has 1 aromatic carbocycles. The number of hydrogen-bond donors (Lipinski definition) is 1. The van der Waals surface area contributed by atoms with Gasteiger partial charge in [-0.1, -0.05) is 41.9 Å². The third kappa shape index (κ3) is 4.15. The molecule has 0 bridgehead atoms. The van der Waals surface area contributed by atoms with Gasteiger partial charge in [-0.25, -0.2) is 4.68 Å². The van der Waals surface area contributed by atoms with Crippen LogP contribution in [0.1, 0.15) is 23.1 Å². The van der Waals surface area contributed by atoms with E-state index in [0.717, 1.165) is 11.3 Å². The summed E-state index contributed by atoms with van der Waals surface area (Å²) in [6, 6.07) is 13.1. The fourth-order valence-electron chi connectivity index (χ4n) is 2.62. The highest BCUT2D eigenvalue weighted by molar-refractivity contribution is 6.32. The van der Waals surface area contributed by atoms with Crippen molar-refractivity contribution in [2.24, 2.45) is 0 Å². The summed E-state index contributed by atoms with van der Waals surface area (Å²) in [6.45, 7) is 2.58. The Kier molecular flexibility index (Phi) is 5.75. The van der Waals surface area contributed by atoms with E-state index in [1.54, 1.807) is 13.3 Å². The zero-order chi connectivity index (χ0) is 18.5. The molecule has 0 aliphatic carbocycles. The first kappa shape index (κ1) is 18.2. The van der Waals surface area contributed by atoms with Crippen molar-refractivity contribution in [3.05, 3.63) is 81.1 Å². The predicted molar refractivity (Wildman–Crippen MR) is 101 cm³/mol. The van der Waals surface area contributed by atoms with Gasteiger partial charge in [0.15, 0.2) is 0 Å². The molecule has 1 N–H and O–H groups in total. The van der Waals surface area contributed by atoms with Gasteiger partial charge in [-0.2, -0.15) is 5.10 Å². The molecule has 0 amide bonds. The summed E-state index contributed by atoms with van der Waals surface area (Å²) in [5, 5.41) is 7.50. The molecule has 0 radical (unpaired) electrons. The molecule has 1 atom stereocenters. The molecule has 3 rings (SSSR count). The van der Waals surface area contributed by atoms with Crippen molar-refractivity contribution in [2.45, 2.75) is 19.5 Å². The Hall–Kier alpha value is -2.57. The van der Waals surface area contributed by atoms with Crippen LogP contribution < -0.4 is 10.9 Å². The van der Waals surface area contributed by atoms with Gasteiger partial charge in [-0.05, 0) is 24.6 Å². The van der Waals surface area contributed by atoms with E-state index in [1.165, 1.54) is 4.68 Å². The van der Waals surface area contributed by atoms with E-state index in [9.17, 15) is 4.79 Å². The summed E-state index contributed by atoms with van der Waals surface area (Å²) in [7, 11) is 1.60. The number of aromatic nitrogens is 2. The van der Waals surface area contributed by atoms with Gasteiger partial charge in [0.05, 0.1) is 25.0 Å². The zero-order valence-corrected chi connectivity index (χ0v) is 15.4. The third-order valence-electron chi connectivity index (χ3n) is 3.93. The maximum atomic E-state index is 12.5. The maximum Gasteiger partial charge on any atom is 0.287 e. The van der Waals surface area contributed by atoms with E-state index < -0.39 is 0 Å². The molecule has 0 spiro atoms. The number of nitrogens with one attached hydrogen (secondary N) is 1. The summed E-state index contributed by atoms with van der Waals surface area (Å²) >= 11 is 6.29. The molecule has 136 valence electrons. The van der Waals surface area contributed by atoms with Crippen molar-refractivity contribution in [2.75, 3.05) is 19.0 Å². The molecule has 0 aliphatic rings. The van der Waals surface area contributed by atoms with Gasteiger partial charge >= 0.3 is 0 Å². The SMILES string of the molecule is COCC(Nc1cnn(Cc2ccccc2)c(=O)c1Cl)c1ccc(C)o1. The molecular weight excluding hydrogens is 354 g/mol. The van der Waals surface area contributed by atoms with Gasteiger partial charge in [0.1, 0.15) is 22.6 Å². The molecule has 1 unspecified atom stereocenters. The van der Waals surface area contributed by atoms with Crippen LogP contribution in [0.25, 0.3) is 0 Å². The number of furan rings is 1. The van der Waals surface area contributed by atoms with Crippen LogP contribution in [0.3, 0.4) is 0 Å². The Morgan fingerprint density at radius 3 is 2.69 bits per heavy atom. The van der Waals surface area contributed by atoms with Gasteiger partial charge in [-0.3, -0.25) is 4.79 Å². The zero-order valence-electron chi connectivity index (χ0n) is 14.6.